The molecule has 2 aromatic carbocycles. The number of benzene rings is 2. The summed E-state index contributed by atoms with van der Waals surface area (Å²) in [7, 11) is 0. The first kappa shape index (κ1) is 16.6. The monoisotopic (exact) mass is 351 g/mol. The number of nitrogens with zero attached hydrogens (tertiary/aromatic N) is 1. The van der Waals surface area contributed by atoms with Crippen molar-refractivity contribution in [3.05, 3.63) is 55.1 Å². The molecule has 25 heavy (non-hydrogen) atoms. The zero-order valence-corrected chi connectivity index (χ0v) is 15.3. The van der Waals surface area contributed by atoms with Gasteiger partial charge in [0.25, 0.3) is 0 Å². The molecule has 0 aliphatic carbocycles. The number of piperidine rings is 3. The number of anilines is 1. The standard InChI is InChI=1S/C21H25N3S/c1-2-15-14-24-11-10-17(15)12-18(24)13-22-21(25)23-20-9-5-7-16-6-3-4-8-19(16)20/h2-9,15,17-18H,1,10-14H2,(H2,22,23,25)/t15-,17-,18+/m0/s1. The first-order valence-electron chi connectivity index (χ1n) is 9.14. The summed E-state index contributed by atoms with van der Waals surface area (Å²) in [5.74, 6) is 1.47. The van der Waals surface area contributed by atoms with Crippen molar-refractivity contribution in [3.8, 4) is 0 Å². The minimum Gasteiger partial charge on any atom is -0.361 e. The predicted octanol–water partition coefficient (Wildman–Crippen LogP) is 4.02. The molecule has 3 aliphatic heterocycles. The second-order valence-electron chi connectivity index (χ2n) is 7.19. The van der Waals surface area contributed by atoms with Gasteiger partial charge < -0.3 is 10.6 Å². The van der Waals surface area contributed by atoms with Crippen LogP contribution in [-0.4, -0.2) is 35.7 Å². The average molecular weight is 352 g/mol. The van der Waals surface area contributed by atoms with Gasteiger partial charge in [0.15, 0.2) is 5.11 Å². The molecular weight excluding hydrogens is 326 g/mol. The molecule has 0 saturated carbocycles. The van der Waals surface area contributed by atoms with Gasteiger partial charge in [0.2, 0.25) is 0 Å². The zero-order chi connectivity index (χ0) is 17.2. The summed E-state index contributed by atoms with van der Waals surface area (Å²) in [5.41, 5.74) is 1.06. The van der Waals surface area contributed by atoms with Crippen molar-refractivity contribution in [2.75, 3.05) is 25.0 Å². The maximum atomic E-state index is 5.54. The zero-order valence-electron chi connectivity index (χ0n) is 14.4. The van der Waals surface area contributed by atoms with Crippen LogP contribution in [0.5, 0.6) is 0 Å². The Labute approximate surface area is 155 Å². The SMILES string of the molecule is C=C[C@H]1CN2CC[C@H]1C[C@@H]2CNC(=S)Nc1cccc2ccccc12. The molecule has 0 radical (unpaired) electrons. The van der Waals surface area contributed by atoms with E-state index in [1.54, 1.807) is 0 Å². The second-order valence-corrected chi connectivity index (χ2v) is 7.60. The van der Waals surface area contributed by atoms with E-state index in [1.807, 2.05) is 0 Å². The summed E-state index contributed by atoms with van der Waals surface area (Å²) in [6.07, 6.45) is 4.71. The van der Waals surface area contributed by atoms with Gasteiger partial charge in [-0.3, -0.25) is 4.90 Å². The maximum Gasteiger partial charge on any atom is 0.170 e. The number of thiocarbonyl (C=S) groups is 1. The quantitative estimate of drug-likeness (QED) is 0.643. The van der Waals surface area contributed by atoms with Crippen molar-refractivity contribution in [2.45, 2.75) is 18.9 Å². The fraction of sp³-hybridized carbons (Fsp3) is 0.381. The molecule has 0 amide bonds. The lowest BCUT2D eigenvalue weighted by Crippen LogP contribution is -2.56. The Bertz CT molecular complexity index is 782. The summed E-state index contributed by atoms with van der Waals surface area (Å²) in [5, 5.41) is 9.94. The van der Waals surface area contributed by atoms with Gasteiger partial charge in [-0.05, 0) is 54.9 Å². The lowest BCUT2D eigenvalue weighted by molar-refractivity contribution is 0.0215. The van der Waals surface area contributed by atoms with Gasteiger partial charge in [0, 0.05) is 30.2 Å². The summed E-state index contributed by atoms with van der Waals surface area (Å²) < 4.78 is 0. The Morgan fingerprint density at radius 3 is 2.88 bits per heavy atom. The van der Waals surface area contributed by atoms with Crippen LogP contribution in [0.3, 0.4) is 0 Å². The molecule has 3 saturated heterocycles. The van der Waals surface area contributed by atoms with Crippen molar-refractivity contribution in [1.82, 2.24) is 10.2 Å². The highest BCUT2D eigenvalue weighted by Crippen LogP contribution is 2.36. The van der Waals surface area contributed by atoms with E-state index in [0.29, 0.717) is 17.1 Å². The van der Waals surface area contributed by atoms with E-state index in [2.05, 4.69) is 70.7 Å². The molecular formula is C21H25N3S. The van der Waals surface area contributed by atoms with E-state index in [0.717, 1.165) is 24.7 Å². The van der Waals surface area contributed by atoms with Gasteiger partial charge in [0.05, 0.1) is 0 Å². The summed E-state index contributed by atoms with van der Waals surface area (Å²) >= 11 is 5.54. The Morgan fingerprint density at radius 1 is 1.24 bits per heavy atom. The van der Waals surface area contributed by atoms with Crippen molar-refractivity contribution in [2.24, 2.45) is 11.8 Å². The molecule has 1 unspecified atom stereocenters. The third-order valence-electron chi connectivity index (χ3n) is 5.77. The maximum absolute atomic E-state index is 5.54. The third-order valence-corrected chi connectivity index (χ3v) is 6.01. The van der Waals surface area contributed by atoms with Crippen molar-refractivity contribution in [3.63, 3.8) is 0 Å². The topological polar surface area (TPSA) is 27.3 Å². The largest absolute Gasteiger partial charge is 0.361 e. The van der Waals surface area contributed by atoms with E-state index < -0.39 is 0 Å². The molecule has 3 nitrogen and oxygen atoms in total. The fourth-order valence-corrected chi connectivity index (χ4v) is 4.56. The molecule has 2 N–H and O–H groups in total. The Morgan fingerprint density at radius 2 is 2.08 bits per heavy atom. The van der Waals surface area contributed by atoms with Crippen LogP contribution in [0.1, 0.15) is 12.8 Å². The third kappa shape index (κ3) is 3.42. The highest BCUT2D eigenvalue weighted by atomic mass is 32.1. The molecule has 4 heteroatoms. The van der Waals surface area contributed by atoms with E-state index in [9.17, 15) is 0 Å². The minimum absolute atomic E-state index is 0.585. The Kier molecular flexibility index (Phi) is 4.73. The first-order valence-corrected chi connectivity index (χ1v) is 9.54. The van der Waals surface area contributed by atoms with Crippen LogP contribution in [0.15, 0.2) is 55.1 Å². The molecule has 2 bridgehead atoms. The highest BCUT2D eigenvalue weighted by molar-refractivity contribution is 7.80. The molecule has 3 heterocycles. The lowest BCUT2D eigenvalue weighted by atomic mass is 9.76. The summed E-state index contributed by atoms with van der Waals surface area (Å²) in [6, 6.07) is 15.2. The molecule has 5 rings (SSSR count). The lowest BCUT2D eigenvalue weighted by Gasteiger charge is -2.49. The summed E-state index contributed by atoms with van der Waals surface area (Å²) in [6.45, 7) is 7.28. The van der Waals surface area contributed by atoms with Gasteiger partial charge in [-0.15, -0.1) is 6.58 Å². The van der Waals surface area contributed by atoms with E-state index in [4.69, 9.17) is 12.2 Å². The van der Waals surface area contributed by atoms with Crippen molar-refractivity contribution in [1.29, 1.82) is 0 Å². The number of nitrogens with one attached hydrogen (secondary N) is 2. The van der Waals surface area contributed by atoms with Gasteiger partial charge in [-0.2, -0.15) is 0 Å². The van der Waals surface area contributed by atoms with Gasteiger partial charge in [-0.25, -0.2) is 0 Å². The van der Waals surface area contributed by atoms with E-state index >= 15 is 0 Å². The minimum atomic E-state index is 0.585. The fourth-order valence-electron chi connectivity index (χ4n) is 4.37. The second kappa shape index (κ2) is 7.14. The molecule has 130 valence electrons. The normalized spacial score (nSPS) is 27.8. The van der Waals surface area contributed by atoms with Gasteiger partial charge in [0.1, 0.15) is 0 Å². The predicted molar refractivity (Wildman–Crippen MR) is 110 cm³/mol. The molecule has 4 atom stereocenters. The van der Waals surface area contributed by atoms with Crippen molar-refractivity contribution < 1.29 is 0 Å². The van der Waals surface area contributed by atoms with Crippen LogP contribution in [0.2, 0.25) is 0 Å². The van der Waals surface area contributed by atoms with Crippen LogP contribution in [0.25, 0.3) is 10.8 Å². The number of hydrogen-bond donors (Lipinski definition) is 2. The van der Waals surface area contributed by atoms with E-state index in [-0.39, 0.29) is 0 Å². The molecule has 3 fully saturated rings. The highest BCUT2D eigenvalue weighted by Gasteiger charge is 2.38. The first-order chi connectivity index (χ1) is 12.2. The number of hydrogen-bond acceptors (Lipinski definition) is 2. The van der Waals surface area contributed by atoms with Crippen LogP contribution in [0.4, 0.5) is 5.69 Å². The van der Waals surface area contributed by atoms with Crippen molar-refractivity contribution >= 4 is 33.8 Å². The number of fused-ring (bicyclic) bond motifs is 4. The van der Waals surface area contributed by atoms with E-state index in [1.165, 1.54) is 30.2 Å². The Hall–Kier alpha value is -1.91. The molecule has 2 aromatic rings. The molecule has 0 aromatic heterocycles. The Balaban J connectivity index is 1.36. The smallest absolute Gasteiger partial charge is 0.170 e. The van der Waals surface area contributed by atoms with Gasteiger partial charge >= 0.3 is 0 Å². The average Bonchev–Trinajstić information content (AvgIpc) is 2.67. The molecule has 0 spiro atoms. The van der Waals surface area contributed by atoms with Gasteiger partial charge in [-0.1, -0.05) is 42.5 Å². The van der Waals surface area contributed by atoms with Crippen LogP contribution >= 0.6 is 12.2 Å². The van der Waals surface area contributed by atoms with Crippen LogP contribution in [0, 0.1) is 11.8 Å². The van der Waals surface area contributed by atoms with Crippen LogP contribution < -0.4 is 10.6 Å². The number of rotatable bonds is 4. The molecule has 3 aliphatic rings. The van der Waals surface area contributed by atoms with Crippen LogP contribution in [-0.2, 0) is 0 Å². The summed E-state index contributed by atoms with van der Waals surface area (Å²) in [4.78, 5) is 2.60.